The monoisotopic (exact) mass is 400 g/mol. The molecule has 1 aliphatic heterocycles. The summed E-state index contributed by atoms with van der Waals surface area (Å²) in [5.74, 6) is 0. The second kappa shape index (κ2) is 6.51. The molecule has 25 heavy (non-hydrogen) atoms. The molecular formula is C16H17ClN2O4S2. The van der Waals surface area contributed by atoms with Gasteiger partial charge >= 0.3 is 0 Å². The summed E-state index contributed by atoms with van der Waals surface area (Å²) in [7, 11) is -7.13. The SMILES string of the molecule is CS(=O)(=O)N1CCCc2cc(NS(=O)(=O)c3cccc(Cl)c3)ccc21. The van der Waals surface area contributed by atoms with Crippen molar-refractivity contribution in [2.75, 3.05) is 21.8 Å². The number of halogens is 1. The lowest BCUT2D eigenvalue weighted by Crippen LogP contribution is -2.34. The number of anilines is 2. The van der Waals surface area contributed by atoms with Crippen molar-refractivity contribution in [3.05, 3.63) is 53.1 Å². The van der Waals surface area contributed by atoms with Crippen molar-refractivity contribution < 1.29 is 16.8 Å². The van der Waals surface area contributed by atoms with Gasteiger partial charge in [0.05, 0.1) is 16.8 Å². The van der Waals surface area contributed by atoms with E-state index in [0.29, 0.717) is 35.8 Å². The lowest BCUT2D eigenvalue weighted by Gasteiger charge is -2.29. The van der Waals surface area contributed by atoms with Gasteiger partial charge in [-0.05, 0) is 54.8 Å². The second-order valence-electron chi connectivity index (χ2n) is 5.85. The first-order valence-electron chi connectivity index (χ1n) is 7.56. The Kier molecular flexibility index (Phi) is 4.70. The molecule has 1 N–H and O–H groups in total. The van der Waals surface area contributed by atoms with E-state index in [2.05, 4.69) is 4.72 Å². The Balaban J connectivity index is 1.93. The molecule has 0 saturated heterocycles. The fourth-order valence-corrected chi connectivity index (χ4v) is 5.16. The normalized spacial score (nSPS) is 14.9. The van der Waals surface area contributed by atoms with Crippen molar-refractivity contribution in [3.63, 3.8) is 0 Å². The molecule has 0 radical (unpaired) electrons. The molecule has 0 aromatic heterocycles. The van der Waals surface area contributed by atoms with E-state index in [1.54, 1.807) is 30.3 Å². The minimum absolute atomic E-state index is 0.0653. The molecule has 6 nitrogen and oxygen atoms in total. The second-order valence-corrected chi connectivity index (χ2v) is 9.87. The van der Waals surface area contributed by atoms with Crippen LogP contribution in [0.15, 0.2) is 47.4 Å². The molecule has 0 bridgehead atoms. The van der Waals surface area contributed by atoms with E-state index in [0.717, 1.165) is 11.8 Å². The quantitative estimate of drug-likeness (QED) is 0.855. The molecule has 0 saturated carbocycles. The largest absolute Gasteiger partial charge is 0.280 e. The van der Waals surface area contributed by atoms with Gasteiger partial charge in [0, 0.05) is 17.3 Å². The third kappa shape index (κ3) is 3.91. The molecular weight excluding hydrogens is 384 g/mol. The minimum atomic E-state index is -3.77. The number of rotatable bonds is 4. The Morgan fingerprint density at radius 1 is 1.08 bits per heavy atom. The van der Waals surface area contributed by atoms with Gasteiger partial charge in [-0.3, -0.25) is 9.03 Å². The van der Waals surface area contributed by atoms with Crippen LogP contribution in [-0.2, 0) is 26.5 Å². The van der Waals surface area contributed by atoms with E-state index in [1.807, 2.05) is 0 Å². The van der Waals surface area contributed by atoms with E-state index in [9.17, 15) is 16.8 Å². The highest BCUT2D eigenvalue weighted by Gasteiger charge is 2.24. The van der Waals surface area contributed by atoms with Crippen LogP contribution in [0.25, 0.3) is 0 Å². The Labute approximate surface area is 152 Å². The summed E-state index contributed by atoms with van der Waals surface area (Å²) in [4.78, 5) is 0.0653. The molecule has 9 heteroatoms. The highest BCUT2D eigenvalue weighted by atomic mass is 35.5. The van der Waals surface area contributed by atoms with E-state index < -0.39 is 20.0 Å². The summed E-state index contributed by atoms with van der Waals surface area (Å²) in [5, 5.41) is 0.331. The highest BCUT2D eigenvalue weighted by Crippen LogP contribution is 2.32. The smallest absolute Gasteiger partial charge is 0.261 e. The summed E-state index contributed by atoms with van der Waals surface area (Å²) in [6.45, 7) is 0.430. The maximum Gasteiger partial charge on any atom is 0.261 e. The van der Waals surface area contributed by atoms with E-state index in [4.69, 9.17) is 11.6 Å². The fourth-order valence-electron chi connectivity index (χ4n) is 2.82. The molecule has 0 amide bonds. The molecule has 0 unspecified atom stereocenters. The molecule has 1 heterocycles. The minimum Gasteiger partial charge on any atom is -0.280 e. The summed E-state index contributed by atoms with van der Waals surface area (Å²) < 4.78 is 52.6. The van der Waals surface area contributed by atoms with Crippen LogP contribution in [0.3, 0.4) is 0 Å². The summed E-state index contributed by atoms with van der Waals surface area (Å²) >= 11 is 5.85. The topological polar surface area (TPSA) is 83.6 Å². The molecule has 134 valence electrons. The van der Waals surface area contributed by atoms with Crippen LogP contribution >= 0.6 is 11.6 Å². The standard InChI is InChI=1S/C16H17ClN2O4S2/c1-24(20,21)19-9-3-4-12-10-14(7-8-16(12)19)18-25(22,23)15-6-2-5-13(17)11-15/h2,5-8,10-11,18H,3-4,9H2,1H3. The molecule has 0 fully saturated rings. The van der Waals surface area contributed by atoms with Gasteiger partial charge in [0.1, 0.15) is 0 Å². The summed E-state index contributed by atoms with van der Waals surface area (Å²) in [5.41, 5.74) is 1.77. The van der Waals surface area contributed by atoms with Gasteiger partial charge in [0.15, 0.2) is 0 Å². The van der Waals surface area contributed by atoms with Crippen LogP contribution in [0.1, 0.15) is 12.0 Å². The van der Waals surface area contributed by atoms with Gasteiger partial charge in [-0.15, -0.1) is 0 Å². The number of sulfonamides is 2. The maximum absolute atomic E-state index is 12.5. The number of fused-ring (bicyclic) bond motifs is 1. The zero-order valence-electron chi connectivity index (χ0n) is 13.4. The van der Waals surface area contributed by atoms with Crippen molar-refractivity contribution in [1.29, 1.82) is 0 Å². The Morgan fingerprint density at radius 3 is 2.52 bits per heavy atom. The van der Waals surface area contributed by atoms with Gasteiger partial charge < -0.3 is 0 Å². The van der Waals surface area contributed by atoms with Crippen LogP contribution in [-0.4, -0.2) is 29.6 Å². The molecule has 2 aromatic rings. The number of nitrogens with one attached hydrogen (secondary N) is 1. The molecule has 2 aromatic carbocycles. The predicted octanol–water partition coefficient (Wildman–Crippen LogP) is 2.85. The Morgan fingerprint density at radius 2 is 1.84 bits per heavy atom. The Bertz CT molecular complexity index is 1020. The van der Waals surface area contributed by atoms with Gasteiger partial charge in [0.2, 0.25) is 10.0 Å². The molecule has 0 aliphatic carbocycles. The summed E-state index contributed by atoms with van der Waals surface area (Å²) in [6, 6.07) is 10.9. The average molecular weight is 401 g/mol. The van der Waals surface area contributed by atoms with E-state index in [-0.39, 0.29) is 4.90 Å². The lowest BCUT2D eigenvalue weighted by atomic mass is 10.0. The first kappa shape index (κ1) is 18.0. The first-order chi connectivity index (χ1) is 11.7. The van der Waals surface area contributed by atoms with Crippen molar-refractivity contribution in [1.82, 2.24) is 0 Å². The van der Waals surface area contributed by atoms with Gasteiger partial charge in [0.25, 0.3) is 10.0 Å². The molecule has 1 aliphatic rings. The molecule has 0 spiro atoms. The molecule has 0 atom stereocenters. The van der Waals surface area contributed by atoms with Crippen LogP contribution in [0.4, 0.5) is 11.4 Å². The van der Waals surface area contributed by atoms with E-state index >= 15 is 0 Å². The number of nitrogens with zero attached hydrogens (tertiary/aromatic N) is 1. The maximum atomic E-state index is 12.5. The average Bonchev–Trinajstić information content (AvgIpc) is 2.53. The molecule has 3 rings (SSSR count). The van der Waals surface area contributed by atoms with Crippen molar-refractivity contribution in [2.24, 2.45) is 0 Å². The van der Waals surface area contributed by atoms with Crippen LogP contribution in [0.5, 0.6) is 0 Å². The van der Waals surface area contributed by atoms with Crippen molar-refractivity contribution in [2.45, 2.75) is 17.7 Å². The zero-order chi connectivity index (χ0) is 18.2. The number of aryl methyl sites for hydroxylation is 1. The number of hydrogen-bond acceptors (Lipinski definition) is 4. The first-order valence-corrected chi connectivity index (χ1v) is 11.3. The van der Waals surface area contributed by atoms with Gasteiger partial charge in [-0.2, -0.15) is 0 Å². The van der Waals surface area contributed by atoms with E-state index in [1.165, 1.54) is 16.4 Å². The van der Waals surface area contributed by atoms with Crippen molar-refractivity contribution >= 4 is 43.0 Å². The lowest BCUT2D eigenvalue weighted by molar-refractivity contribution is 0.592. The Hall–Kier alpha value is -1.77. The third-order valence-electron chi connectivity index (χ3n) is 3.91. The predicted molar refractivity (Wildman–Crippen MR) is 99.2 cm³/mol. The highest BCUT2D eigenvalue weighted by molar-refractivity contribution is 7.92. The number of benzene rings is 2. The van der Waals surface area contributed by atoms with Gasteiger partial charge in [-0.25, -0.2) is 16.8 Å². The third-order valence-corrected chi connectivity index (χ3v) is 6.71. The summed E-state index contributed by atoms with van der Waals surface area (Å²) in [6.07, 6.45) is 2.54. The van der Waals surface area contributed by atoms with Crippen LogP contribution < -0.4 is 9.03 Å². The zero-order valence-corrected chi connectivity index (χ0v) is 15.8. The number of hydrogen-bond donors (Lipinski definition) is 1. The van der Waals surface area contributed by atoms with Crippen LogP contribution in [0, 0.1) is 0 Å². The van der Waals surface area contributed by atoms with Crippen molar-refractivity contribution in [3.8, 4) is 0 Å². The fraction of sp³-hybridized carbons (Fsp3) is 0.250. The van der Waals surface area contributed by atoms with Gasteiger partial charge in [-0.1, -0.05) is 17.7 Å². The van der Waals surface area contributed by atoms with Crippen LogP contribution in [0.2, 0.25) is 5.02 Å².